The zero-order valence-corrected chi connectivity index (χ0v) is 5.46. The summed E-state index contributed by atoms with van der Waals surface area (Å²) in [5.41, 5.74) is 0.800. The number of hydrogen-bond donors (Lipinski definition) is 0. The van der Waals surface area contributed by atoms with Gasteiger partial charge in [0.1, 0.15) is 0 Å². The third-order valence-corrected chi connectivity index (χ3v) is 1.40. The summed E-state index contributed by atoms with van der Waals surface area (Å²) in [6, 6.07) is 2.11. The van der Waals surface area contributed by atoms with Crippen molar-refractivity contribution in [3.05, 3.63) is 23.8 Å². The molecule has 1 atom stereocenters. The largest absolute Gasteiger partial charge is 0.192 e. The van der Waals surface area contributed by atoms with Crippen LogP contribution in [-0.2, 0) is 0 Å². The highest BCUT2D eigenvalue weighted by Crippen LogP contribution is 2.14. The lowest BCUT2D eigenvalue weighted by atomic mass is 9.99. The third-order valence-electron chi connectivity index (χ3n) is 1.40. The first-order valence-corrected chi connectivity index (χ1v) is 3.11. The Morgan fingerprint density at radius 1 is 1.78 bits per heavy atom. The van der Waals surface area contributed by atoms with Crippen LogP contribution >= 0.6 is 0 Å². The highest BCUT2D eigenvalue weighted by molar-refractivity contribution is 5.35. The van der Waals surface area contributed by atoms with Gasteiger partial charge in [0.25, 0.3) is 0 Å². The molecule has 1 nitrogen and oxygen atoms in total. The lowest BCUT2D eigenvalue weighted by molar-refractivity contribution is 0.732. The molecular formula is C8H9N. The van der Waals surface area contributed by atoms with Crippen molar-refractivity contribution in [2.45, 2.75) is 13.3 Å². The molecular weight excluding hydrogens is 110 g/mol. The Labute approximate surface area is 55.3 Å². The fourth-order valence-electron chi connectivity index (χ4n) is 0.914. The van der Waals surface area contributed by atoms with E-state index in [2.05, 4.69) is 13.0 Å². The molecule has 0 aromatic rings. The number of allylic oxidation sites excluding steroid dienone is 4. The van der Waals surface area contributed by atoms with Crippen LogP contribution in [0.2, 0.25) is 0 Å². The SMILES string of the molecule is CC1C=C(C#N)C=CC1. The normalized spacial score (nSPS) is 24.9. The fraction of sp³-hybridized carbons (Fsp3) is 0.375. The molecule has 0 aromatic carbocycles. The van der Waals surface area contributed by atoms with Crippen LogP contribution < -0.4 is 0 Å². The second kappa shape index (κ2) is 2.50. The molecule has 0 radical (unpaired) electrons. The van der Waals surface area contributed by atoms with E-state index >= 15 is 0 Å². The molecule has 0 fully saturated rings. The summed E-state index contributed by atoms with van der Waals surface area (Å²) >= 11 is 0. The van der Waals surface area contributed by atoms with Crippen molar-refractivity contribution in [2.75, 3.05) is 0 Å². The van der Waals surface area contributed by atoms with Crippen molar-refractivity contribution in [2.24, 2.45) is 5.92 Å². The fourth-order valence-corrected chi connectivity index (χ4v) is 0.914. The smallest absolute Gasteiger partial charge is 0.0988 e. The molecule has 0 N–H and O–H groups in total. The van der Waals surface area contributed by atoms with Crippen molar-refractivity contribution in [1.82, 2.24) is 0 Å². The predicted molar refractivity (Wildman–Crippen MR) is 36.6 cm³/mol. The summed E-state index contributed by atoms with van der Waals surface area (Å²) in [4.78, 5) is 0. The summed E-state index contributed by atoms with van der Waals surface area (Å²) in [6.45, 7) is 2.11. The summed E-state index contributed by atoms with van der Waals surface area (Å²) in [7, 11) is 0. The minimum Gasteiger partial charge on any atom is -0.192 e. The molecule has 0 heterocycles. The van der Waals surface area contributed by atoms with E-state index in [0.29, 0.717) is 5.92 Å². The second-order valence-electron chi connectivity index (χ2n) is 2.35. The summed E-state index contributed by atoms with van der Waals surface area (Å²) in [5.74, 6) is 0.546. The number of rotatable bonds is 0. The van der Waals surface area contributed by atoms with Gasteiger partial charge in [-0.05, 0) is 18.4 Å². The van der Waals surface area contributed by atoms with Crippen LogP contribution in [0, 0.1) is 17.2 Å². The van der Waals surface area contributed by atoms with E-state index in [4.69, 9.17) is 5.26 Å². The van der Waals surface area contributed by atoms with Gasteiger partial charge in [-0.1, -0.05) is 19.1 Å². The lowest BCUT2D eigenvalue weighted by Gasteiger charge is -2.05. The quantitative estimate of drug-likeness (QED) is 0.478. The molecule has 0 aromatic heterocycles. The first-order valence-electron chi connectivity index (χ1n) is 3.11. The molecule has 1 rings (SSSR count). The van der Waals surface area contributed by atoms with Gasteiger partial charge in [-0.2, -0.15) is 5.26 Å². The molecule has 1 aliphatic rings. The van der Waals surface area contributed by atoms with Crippen LogP contribution in [0.4, 0.5) is 0 Å². The Hall–Kier alpha value is -1.03. The van der Waals surface area contributed by atoms with Crippen LogP contribution in [-0.4, -0.2) is 0 Å². The Kier molecular flexibility index (Phi) is 1.69. The number of nitrogens with zero attached hydrogens (tertiary/aromatic N) is 1. The van der Waals surface area contributed by atoms with Crippen LogP contribution in [0.15, 0.2) is 23.8 Å². The van der Waals surface area contributed by atoms with Gasteiger partial charge in [0.2, 0.25) is 0 Å². The zero-order valence-electron chi connectivity index (χ0n) is 5.46. The maximum absolute atomic E-state index is 8.44. The molecule has 1 heteroatoms. The van der Waals surface area contributed by atoms with Crippen molar-refractivity contribution in [1.29, 1.82) is 5.26 Å². The van der Waals surface area contributed by atoms with E-state index in [1.54, 1.807) is 0 Å². The van der Waals surface area contributed by atoms with Crippen molar-refractivity contribution >= 4 is 0 Å². The Balaban J connectivity index is 2.74. The minimum atomic E-state index is 0.546. The van der Waals surface area contributed by atoms with E-state index < -0.39 is 0 Å². The first-order chi connectivity index (χ1) is 4.33. The van der Waals surface area contributed by atoms with Crippen molar-refractivity contribution in [3.8, 4) is 6.07 Å². The van der Waals surface area contributed by atoms with E-state index in [0.717, 1.165) is 12.0 Å². The van der Waals surface area contributed by atoms with Gasteiger partial charge in [0, 0.05) is 5.57 Å². The van der Waals surface area contributed by atoms with E-state index in [-0.39, 0.29) is 0 Å². The monoisotopic (exact) mass is 119 g/mol. The van der Waals surface area contributed by atoms with Crippen LogP contribution in [0.5, 0.6) is 0 Å². The molecule has 1 aliphatic carbocycles. The van der Waals surface area contributed by atoms with Gasteiger partial charge in [0.05, 0.1) is 6.07 Å². The van der Waals surface area contributed by atoms with Crippen molar-refractivity contribution < 1.29 is 0 Å². The maximum Gasteiger partial charge on any atom is 0.0988 e. The summed E-state index contributed by atoms with van der Waals surface area (Å²) in [6.07, 6.45) is 6.99. The van der Waals surface area contributed by atoms with Gasteiger partial charge >= 0.3 is 0 Å². The van der Waals surface area contributed by atoms with E-state index in [1.165, 1.54) is 0 Å². The molecule has 0 amide bonds. The van der Waals surface area contributed by atoms with E-state index in [9.17, 15) is 0 Å². The summed E-state index contributed by atoms with van der Waals surface area (Å²) < 4.78 is 0. The van der Waals surface area contributed by atoms with Gasteiger partial charge in [0.15, 0.2) is 0 Å². The molecule has 0 saturated heterocycles. The van der Waals surface area contributed by atoms with E-state index in [1.807, 2.05) is 18.2 Å². The standard InChI is InChI=1S/C8H9N/c1-7-3-2-4-8(5-7)6-9/h2,4-5,7H,3H2,1H3. The van der Waals surface area contributed by atoms with Crippen molar-refractivity contribution in [3.63, 3.8) is 0 Å². The molecule has 46 valence electrons. The molecule has 0 spiro atoms. The average Bonchev–Trinajstić information content (AvgIpc) is 1.88. The Morgan fingerprint density at radius 3 is 3.00 bits per heavy atom. The molecule has 0 saturated carbocycles. The Bertz CT molecular complexity index is 193. The Morgan fingerprint density at radius 2 is 2.56 bits per heavy atom. The van der Waals surface area contributed by atoms with Gasteiger partial charge in [-0.3, -0.25) is 0 Å². The number of hydrogen-bond acceptors (Lipinski definition) is 1. The highest BCUT2D eigenvalue weighted by atomic mass is 14.2. The molecule has 0 bridgehead atoms. The van der Waals surface area contributed by atoms with Crippen LogP contribution in [0.3, 0.4) is 0 Å². The van der Waals surface area contributed by atoms with Gasteiger partial charge in [-0.25, -0.2) is 0 Å². The molecule has 0 aliphatic heterocycles. The minimum absolute atomic E-state index is 0.546. The average molecular weight is 119 g/mol. The highest BCUT2D eigenvalue weighted by Gasteiger charge is 2.01. The first kappa shape index (κ1) is 6.10. The lowest BCUT2D eigenvalue weighted by Crippen LogP contribution is -1.92. The van der Waals surface area contributed by atoms with Crippen LogP contribution in [0.1, 0.15) is 13.3 Å². The maximum atomic E-state index is 8.44. The second-order valence-corrected chi connectivity index (χ2v) is 2.35. The van der Waals surface area contributed by atoms with Gasteiger partial charge < -0.3 is 0 Å². The van der Waals surface area contributed by atoms with Crippen LogP contribution in [0.25, 0.3) is 0 Å². The predicted octanol–water partition coefficient (Wildman–Crippen LogP) is 2.03. The molecule has 9 heavy (non-hydrogen) atoms. The zero-order chi connectivity index (χ0) is 6.69. The topological polar surface area (TPSA) is 23.8 Å². The third kappa shape index (κ3) is 1.43. The molecule has 1 unspecified atom stereocenters. The summed E-state index contributed by atoms with van der Waals surface area (Å²) in [5, 5.41) is 8.44. The number of nitriles is 1. The van der Waals surface area contributed by atoms with Gasteiger partial charge in [-0.15, -0.1) is 0 Å².